The van der Waals surface area contributed by atoms with Crippen molar-refractivity contribution in [2.75, 3.05) is 5.32 Å². The number of aromatic amines is 1. The monoisotopic (exact) mass is 285 g/mol. The van der Waals surface area contributed by atoms with Crippen molar-refractivity contribution in [2.24, 2.45) is 0 Å². The molecule has 20 heavy (non-hydrogen) atoms. The van der Waals surface area contributed by atoms with Crippen molar-refractivity contribution in [2.45, 2.75) is 32.5 Å². The normalized spacial score (nSPS) is 12.7. The Morgan fingerprint density at radius 1 is 1.15 bits per heavy atom. The molecule has 1 aromatic carbocycles. The summed E-state index contributed by atoms with van der Waals surface area (Å²) in [5.41, 5.74) is -1.84. The third kappa shape index (κ3) is 2.92. The minimum atomic E-state index is -4.48. The van der Waals surface area contributed by atoms with Gasteiger partial charge in [-0.25, -0.2) is 5.10 Å². The topological polar surface area (TPSA) is 57.8 Å². The summed E-state index contributed by atoms with van der Waals surface area (Å²) in [7, 11) is 0. The molecule has 0 saturated carbocycles. The van der Waals surface area contributed by atoms with Crippen molar-refractivity contribution < 1.29 is 13.2 Å². The lowest BCUT2D eigenvalue weighted by atomic mass is 10.1. The number of benzene rings is 1. The average molecular weight is 285 g/mol. The van der Waals surface area contributed by atoms with Crippen molar-refractivity contribution in [1.82, 2.24) is 10.2 Å². The van der Waals surface area contributed by atoms with Crippen LogP contribution < -0.4 is 10.9 Å². The summed E-state index contributed by atoms with van der Waals surface area (Å²) in [5, 5.41) is 9.43. The molecule has 2 aromatic rings. The van der Waals surface area contributed by atoms with E-state index in [1.807, 2.05) is 20.8 Å². The first-order valence-corrected chi connectivity index (χ1v) is 5.96. The second-order valence-electron chi connectivity index (χ2n) is 5.53. The van der Waals surface area contributed by atoms with Crippen LogP contribution in [0.5, 0.6) is 0 Å². The summed E-state index contributed by atoms with van der Waals surface area (Å²) in [4.78, 5) is 11.7. The third-order valence-electron chi connectivity index (χ3n) is 2.61. The van der Waals surface area contributed by atoms with Gasteiger partial charge in [-0.3, -0.25) is 4.79 Å². The zero-order valence-corrected chi connectivity index (χ0v) is 11.2. The molecule has 0 bridgehead atoms. The van der Waals surface area contributed by atoms with Gasteiger partial charge in [-0.15, -0.1) is 0 Å². The summed E-state index contributed by atoms with van der Waals surface area (Å²) in [5.74, 6) is 0.348. The molecule has 1 heterocycles. The maximum Gasteiger partial charge on any atom is 0.416 e. The lowest BCUT2D eigenvalue weighted by Crippen LogP contribution is -2.28. The molecule has 4 nitrogen and oxygen atoms in total. The molecule has 0 aliphatic heterocycles. The second kappa shape index (κ2) is 4.50. The van der Waals surface area contributed by atoms with E-state index in [1.165, 1.54) is 6.07 Å². The Balaban J connectivity index is 2.66. The first kappa shape index (κ1) is 14.4. The van der Waals surface area contributed by atoms with Crippen LogP contribution in [0.15, 0.2) is 23.0 Å². The Hall–Kier alpha value is -2.05. The number of alkyl halides is 3. The van der Waals surface area contributed by atoms with Crippen LogP contribution in [0.4, 0.5) is 19.0 Å². The highest BCUT2D eigenvalue weighted by Crippen LogP contribution is 2.32. The van der Waals surface area contributed by atoms with Gasteiger partial charge in [0.25, 0.3) is 5.56 Å². The van der Waals surface area contributed by atoms with E-state index < -0.39 is 17.3 Å². The molecule has 0 radical (unpaired) electrons. The maximum absolute atomic E-state index is 12.7. The van der Waals surface area contributed by atoms with E-state index in [2.05, 4.69) is 15.5 Å². The van der Waals surface area contributed by atoms with Gasteiger partial charge in [-0.05, 0) is 39.0 Å². The summed E-state index contributed by atoms with van der Waals surface area (Å²) in [6.45, 7) is 5.65. The molecule has 108 valence electrons. The van der Waals surface area contributed by atoms with Crippen LogP contribution in [-0.2, 0) is 6.18 Å². The number of aromatic nitrogens is 2. The summed E-state index contributed by atoms with van der Waals surface area (Å²) >= 11 is 0. The van der Waals surface area contributed by atoms with Gasteiger partial charge in [-0.1, -0.05) is 0 Å². The van der Waals surface area contributed by atoms with E-state index in [0.717, 1.165) is 12.1 Å². The number of nitrogens with one attached hydrogen (secondary N) is 2. The smallest absolute Gasteiger partial charge is 0.364 e. The van der Waals surface area contributed by atoms with Gasteiger partial charge >= 0.3 is 6.18 Å². The minimum Gasteiger partial charge on any atom is -0.364 e. The molecule has 0 fully saturated rings. The molecule has 2 rings (SSSR count). The van der Waals surface area contributed by atoms with E-state index in [1.54, 1.807) is 0 Å². The molecule has 0 aliphatic rings. The Morgan fingerprint density at radius 3 is 2.35 bits per heavy atom. The first-order valence-electron chi connectivity index (χ1n) is 5.96. The molecule has 2 N–H and O–H groups in total. The molecule has 0 amide bonds. The standard InChI is InChI=1S/C13H14F3N3O/c1-12(2,3)17-10-8-5-4-7(13(14,15)16)6-9(8)11(20)19-18-10/h4-6H,1-3H3,(H,17,18)(H,19,20). The molecular weight excluding hydrogens is 271 g/mol. The summed E-state index contributed by atoms with van der Waals surface area (Å²) < 4.78 is 38.0. The molecular formula is C13H14F3N3O. The van der Waals surface area contributed by atoms with Crippen molar-refractivity contribution in [3.05, 3.63) is 34.1 Å². The molecule has 7 heteroatoms. The molecule has 0 spiro atoms. The number of fused-ring (bicyclic) bond motifs is 1. The number of nitrogens with zero attached hydrogens (tertiary/aromatic N) is 1. The van der Waals surface area contributed by atoms with Crippen molar-refractivity contribution in [1.29, 1.82) is 0 Å². The lowest BCUT2D eigenvalue weighted by molar-refractivity contribution is -0.137. The fourth-order valence-electron chi connectivity index (χ4n) is 1.79. The average Bonchev–Trinajstić information content (AvgIpc) is 2.30. The van der Waals surface area contributed by atoms with Gasteiger partial charge in [0.1, 0.15) is 0 Å². The van der Waals surface area contributed by atoms with Crippen molar-refractivity contribution in [3.63, 3.8) is 0 Å². The summed E-state index contributed by atoms with van der Waals surface area (Å²) in [6, 6.07) is 3.04. The maximum atomic E-state index is 12.7. The van der Waals surface area contributed by atoms with E-state index in [9.17, 15) is 18.0 Å². The van der Waals surface area contributed by atoms with Gasteiger partial charge in [-0.2, -0.15) is 18.3 Å². The lowest BCUT2D eigenvalue weighted by Gasteiger charge is -2.22. The second-order valence-corrected chi connectivity index (χ2v) is 5.53. The van der Waals surface area contributed by atoms with Gasteiger partial charge < -0.3 is 5.32 Å². The van der Waals surface area contributed by atoms with Crippen molar-refractivity contribution in [3.8, 4) is 0 Å². The van der Waals surface area contributed by atoms with Gasteiger partial charge in [0.2, 0.25) is 0 Å². The first-order chi connectivity index (χ1) is 9.08. The van der Waals surface area contributed by atoms with E-state index >= 15 is 0 Å². The highest BCUT2D eigenvalue weighted by molar-refractivity contribution is 5.91. The predicted molar refractivity (Wildman–Crippen MR) is 70.7 cm³/mol. The van der Waals surface area contributed by atoms with E-state index in [-0.39, 0.29) is 10.9 Å². The molecule has 0 aliphatic carbocycles. The van der Waals surface area contributed by atoms with E-state index in [4.69, 9.17) is 0 Å². The van der Waals surface area contributed by atoms with Crippen LogP contribution >= 0.6 is 0 Å². The SMILES string of the molecule is CC(C)(C)Nc1n[nH]c(=O)c2cc(C(F)(F)F)ccc12. The highest BCUT2D eigenvalue weighted by Gasteiger charge is 2.31. The Kier molecular flexibility index (Phi) is 3.23. The summed E-state index contributed by atoms with van der Waals surface area (Å²) in [6.07, 6.45) is -4.48. The van der Waals surface area contributed by atoms with Crippen LogP contribution in [-0.4, -0.2) is 15.7 Å². The van der Waals surface area contributed by atoms with E-state index in [0.29, 0.717) is 11.2 Å². The van der Waals surface area contributed by atoms with Crippen LogP contribution in [0, 0.1) is 0 Å². The largest absolute Gasteiger partial charge is 0.416 e. The number of anilines is 1. The number of hydrogen-bond acceptors (Lipinski definition) is 3. The molecule has 0 saturated heterocycles. The fourth-order valence-corrected chi connectivity index (χ4v) is 1.79. The van der Waals surface area contributed by atoms with Crippen LogP contribution in [0.1, 0.15) is 26.3 Å². The van der Waals surface area contributed by atoms with Crippen LogP contribution in [0.2, 0.25) is 0 Å². The third-order valence-corrected chi connectivity index (χ3v) is 2.61. The van der Waals surface area contributed by atoms with Gasteiger partial charge in [0.15, 0.2) is 5.82 Å². The van der Waals surface area contributed by atoms with Crippen molar-refractivity contribution >= 4 is 16.6 Å². The quantitative estimate of drug-likeness (QED) is 0.846. The molecule has 0 atom stereocenters. The molecule has 0 unspecified atom stereocenters. The van der Waals surface area contributed by atoms with Crippen LogP contribution in [0.3, 0.4) is 0 Å². The van der Waals surface area contributed by atoms with Gasteiger partial charge in [0, 0.05) is 10.9 Å². The fraction of sp³-hybridized carbons (Fsp3) is 0.385. The molecule has 1 aromatic heterocycles. The highest BCUT2D eigenvalue weighted by atomic mass is 19.4. The van der Waals surface area contributed by atoms with Crippen LogP contribution in [0.25, 0.3) is 10.8 Å². The number of rotatable bonds is 1. The van der Waals surface area contributed by atoms with Gasteiger partial charge in [0.05, 0.1) is 10.9 Å². The number of hydrogen-bond donors (Lipinski definition) is 2. The number of halogens is 3. The zero-order valence-electron chi connectivity index (χ0n) is 11.2. The predicted octanol–water partition coefficient (Wildman–Crippen LogP) is 3.15. The number of H-pyrrole nitrogens is 1. The Morgan fingerprint density at radius 2 is 1.80 bits per heavy atom. The Bertz CT molecular complexity index is 699. The minimum absolute atomic E-state index is 0.0402. The Labute approximate surface area is 113 Å². The zero-order chi connectivity index (χ0) is 15.1.